The van der Waals surface area contributed by atoms with Crippen molar-refractivity contribution in [3.05, 3.63) is 77.9 Å². The third kappa shape index (κ3) is 4.28. The van der Waals surface area contributed by atoms with Crippen LogP contribution in [-0.4, -0.2) is 9.97 Å². The van der Waals surface area contributed by atoms with E-state index in [1.165, 1.54) is 18.3 Å². The van der Waals surface area contributed by atoms with Crippen LogP contribution in [0.2, 0.25) is 0 Å². The fourth-order valence-corrected chi connectivity index (χ4v) is 2.68. The number of nitrogens with zero attached hydrogens (tertiary/aromatic N) is 2. The lowest BCUT2D eigenvalue weighted by molar-refractivity contribution is 0.584. The van der Waals surface area contributed by atoms with E-state index in [-0.39, 0.29) is 5.69 Å². The van der Waals surface area contributed by atoms with Crippen molar-refractivity contribution >= 4 is 17.1 Å². The zero-order valence-corrected chi connectivity index (χ0v) is 15.1. The monoisotopic (exact) mass is 366 g/mol. The van der Waals surface area contributed by atoms with Gasteiger partial charge in [-0.1, -0.05) is 19.1 Å². The molecule has 27 heavy (non-hydrogen) atoms. The molecule has 3 N–H and O–H groups in total. The van der Waals surface area contributed by atoms with Gasteiger partial charge in [0.2, 0.25) is 5.95 Å². The van der Waals surface area contributed by atoms with Crippen molar-refractivity contribution in [3.63, 3.8) is 0 Å². The Hall–Kier alpha value is -3.28. The Balaban J connectivity index is 1.98. The summed E-state index contributed by atoms with van der Waals surface area (Å²) in [6.07, 6.45) is 5.62. The van der Waals surface area contributed by atoms with Crippen LogP contribution in [0.3, 0.4) is 0 Å². The van der Waals surface area contributed by atoms with Crippen LogP contribution in [0.15, 0.2) is 54.9 Å². The molecule has 0 aliphatic heterocycles. The summed E-state index contributed by atoms with van der Waals surface area (Å²) in [5, 5.41) is 3.19. The average Bonchev–Trinajstić information content (AvgIpc) is 2.64. The number of nitrogens with one attached hydrogen (secondary N) is 1. The Morgan fingerprint density at radius 3 is 2.52 bits per heavy atom. The average molecular weight is 366 g/mol. The zero-order chi connectivity index (χ0) is 19.4. The van der Waals surface area contributed by atoms with E-state index < -0.39 is 11.8 Å². The van der Waals surface area contributed by atoms with Crippen molar-refractivity contribution < 1.29 is 8.78 Å². The van der Waals surface area contributed by atoms with Gasteiger partial charge in [0.15, 0.2) is 5.82 Å². The molecule has 3 aromatic rings. The van der Waals surface area contributed by atoms with Crippen LogP contribution in [0.25, 0.3) is 16.8 Å². The van der Waals surface area contributed by atoms with Crippen LogP contribution in [0.1, 0.15) is 24.6 Å². The second kappa shape index (κ2) is 7.95. The summed E-state index contributed by atoms with van der Waals surface area (Å²) >= 11 is 0. The molecule has 0 atom stereocenters. The van der Waals surface area contributed by atoms with Crippen molar-refractivity contribution in [1.29, 1.82) is 0 Å². The first-order valence-electron chi connectivity index (χ1n) is 8.59. The highest BCUT2D eigenvalue weighted by Crippen LogP contribution is 2.30. The molecule has 0 amide bonds. The molecule has 0 saturated heterocycles. The number of allylic oxidation sites excluding steroid dienone is 1. The summed E-state index contributed by atoms with van der Waals surface area (Å²) in [6, 6.07) is 9.76. The van der Waals surface area contributed by atoms with Gasteiger partial charge in [-0.2, -0.15) is 4.39 Å². The van der Waals surface area contributed by atoms with Crippen molar-refractivity contribution in [2.45, 2.75) is 20.3 Å². The Morgan fingerprint density at radius 1 is 1.07 bits per heavy atom. The minimum Gasteiger partial charge on any atom is -0.397 e. The van der Waals surface area contributed by atoms with Crippen LogP contribution in [0, 0.1) is 18.7 Å². The summed E-state index contributed by atoms with van der Waals surface area (Å²) in [4.78, 5) is 7.89. The van der Waals surface area contributed by atoms with E-state index >= 15 is 0 Å². The predicted octanol–water partition coefficient (Wildman–Crippen LogP) is 5.18. The van der Waals surface area contributed by atoms with Gasteiger partial charge in [-0.25, -0.2) is 9.37 Å². The highest BCUT2D eigenvalue weighted by molar-refractivity contribution is 5.84. The number of hydrogen-bond donors (Lipinski definition) is 2. The van der Waals surface area contributed by atoms with Gasteiger partial charge in [-0.15, -0.1) is 0 Å². The van der Waals surface area contributed by atoms with Crippen molar-refractivity contribution in [3.8, 4) is 11.1 Å². The van der Waals surface area contributed by atoms with E-state index in [1.807, 2.05) is 25.1 Å². The van der Waals surface area contributed by atoms with E-state index in [0.717, 1.165) is 16.7 Å². The standard InChI is InChI=1S/C21H20F2N4/c1-3-4-18(21-16(22)9-13(2)11-26-21)27-19-10-14(5-7-17(19)24)15-6-8-20(23)25-12-15/h4-12,27H,3,24H2,1-2H3. The van der Waals surface area contributed by atoms with Gasteiger partial charge in [-0.3, -0.25) is 4.98 Å². The summed E-state index contributed by atoms with van der Waals surface area (Å²) < 4.78 is 27.5. The van der Waals surface area contributed by atoms with E-state index in [2.05, 4.69) is 15.3 Å². The lowest BCUT2D eigenvalue weighted by Gasteiger charge is -2.15. The number of benzene rings is 1. The molecule has 3 rings (SSSR count). The van der Waals surface area contributed by atoms with Gasteiger partial charge < -0.3 is 11.1 Å². The number of halogens is 2. The maximum atomic E-state index is 14.4. The Labute approximate surface area is 156 Å². The number of pyridine rings is 2. The number of nitrogens with two attached hydrogens (primary N) is 1. The number of aromatic nitrogens is 2. The van der Waals surface area contributed by atoms with Gasteiger partial charge in [0.1, 0.15) is 5.69 Å². The van der Waals surface area contributed by atoms with E-state index in [1.54, 1.807) is 25.3 Å². The quantitative estimate of drug-likeness (QED) is 0.483. The van der Waals surface area contributed by atoms with Crippen molar-refractivity contribution in [2.75, 3.05) is 11.1 Å². The molecule has 0 aliphatic rings. The lowest BCUT2D eigenvalue weighted by Crippen LogP contribution is -2.06. The topological polar surface area (TPSA) is 63.8 Å². The molecule has 138 valence electrons. The largest absolute Gasteiger partial charge is 0.397 e. The van der Waals surface area contributed by atoms with Crippen molar-refractivity contribution in [1.82, 2.24) is 9.97 Å². The zero-order valence-electron chi connectivity index (χ0n) is 15.1. The lowest BCUT2D eigenvalue weighted by atomic mass is 10.1. The first-order valence-corrected chi connectivity index (χ1v) is 8.59. The van der Waals surface area contributed by atoms with Gasteiger partial charge in [0.05, 0.1) is 17.1 Å². The molecule has 6 heteroatoms. The molecule has 0 spiro atoms. The Morgan fingerprint density at radius 2 is 1.85 bits per heavy atom. The predicted molar refractivity (Wildman–Crippen MR) is 105 cm³/mol. The molecular formula is C21H20F2N4. The second-order valence-electron chi connectivity index (χ2n) is 6.17. The Bertz CT molecular complexity index is 982. The second-order valence-corrected chi connectivity index (χ2v) is 6.17. The number of nitrogen functional groups attached to an aromatic ring is 1. The summed E-state index contributed by atoms with van der Waals surface area (Å²) in [6.45, 7) is 3.74. The van der Waals surface area contributed by atoms with Crippen LogP contribution in [0.4, 0.5) is 20.2 Å². The Kier molecular flexibility index (Phi) is 5.45. The molecule has 0 fully saturated rings. The molecular weight excluding hydrogens is 346 g/mol. The van der Waals surface area contributed by atoms with E-state index in [9.17, 15) is 8.78 Å². The molecule has 0 saturated carbocycles. The molecule has 2 heterocycles. The molecule has 4 nitrogen and oxygen atoms in total. The maximum absolute atomic E-state index is 14.4. The molecule has 2 aromatic heterocycles. The summed E-state index contributed by atoms with van der Waals surface area (Å²) in [5.41, 5.74) is 10.3. The third-order valence-electron chi connectivity index (χ3n) is 4.02. The SMILES string of the molecule is CCC=C(Nc1cc(-c2ccc(F)nc2)ccc1N)c1ncc(C)cc1F. The number of aryl methyl sites for hydroxylation is 1. The highest BCUT2D eigenvalue weighted by Gasteiger charge is 2.12. The molecule has 0 bridgehead atoms. The fourth-order valence-electron chi connectivity index (χ4n) is 2.68. The first-order chi connectivity index (χ1) is 13.0. The number of anilines is 2. The van der Waals surface area contributed by atoms with Gasteiger partial charge >= 0.3 is 0 Å². The number of rotatable bonds is 5. The van der Waals surface area contributed by atoms with Crippen molar-refractivity contribution in [2.24, 2.45) is 0 Å². The van der Waals surface area contributed by atoms with E-state index in [0.29, 0.717) is 23.5 Å². The molecule has 1 aromatic carbocycles. The normalized spacial score (nSPS) is 11.5. The minimum atomic E-state index is -0.540. The van der Waals surface area contributed by atoms with Gasteiger partial charge in [0.25, 0.3) is 0 Å². The molecule has 0 unspecified atom stereocenters. The van der Waals surface area contributed by atoms with Gasteiger partial charge in [-0.05, 0) is 54.8 Å². The third-order valence-corrected chi connectivity index (χ3v) is 4.02. The number of hydrogen-bond acceptors (Lipinski definition) is 4. The molecule has 0 radical (unpaired) electrons. The van der Waals surface area contributed by atoms with Crippen LogP contribution < -0.4 is 11.1 Å². The smallest absolute Gasteiger partial charge is 0.212 e. The first kappa shape index (κ1) is 18.5. The fraction of sp³-hybridized carbons (Fsp3) is 0.143. The summed E-state index contributed by atoms with van der Waals surface area (Å²) in [7, 11) is 0. The van der Waals surface area contributed by atoms with Gasteiger partial charge in [0, 0.05) is 18.0 Å². The molecule has 0 aliphatic carbocycles. The highest BCUT2D eigenvalue weighted by atomic mass is 19.1. The van der Waals surface area contributed by atoms with E-state index in [4.69, 9.17) is 5.73 Å². The van der Waals surface area contributed by atoms with Crippen LogP contribution >= 0.6 is 0 Å². The van der Waals surface area contributed by atoms with Crippen LogP contribution in [0.5, 0.6) is 0 Å². The van der Waals surface area contributed by atoms with Crippen LogP contribution in [-0.2, 0) is 0 Å². The minimum absolute atomic E-state index is 0.232. The summed E-state index contributed by atoms with van der Waals surface area (Å²) in [5.74, 6) is -0.943. The maximum Gasteiger partial charge on any atom is 0.212 e.